The summed E-state index contributed by atoms with van der Waals surface area (Å²) in [7, 11) is 0. The molecule has 0 bridgehead atoms. The zero-order valence-corrected chi connectivity index (χ0v) is 26.3. The van der Waals surface area contributed by atoms with Gasteiger partial charge in [-0.15, -0.1) is 0 Å². The van der Waals surface area contributed by atoms with Gasteiger partial charge in [-0.25, -0.2) is 24.3 Å². The van der Waals surface area contributed by atoms with Crippen molar-refractivity contribution in [3.8, 4) is 23.2 Å². The number of nitrogen functional groups attached to an aromatic ring is 1. The molecule has 1 aliphatic carbocycles. The molecular weight excluding hydrogens is 637 g/mol. The van der Waals surface area contributed by atoms with Crippen LogP contribution in [0.4, 0.5) is 30.5 Å². The average Bonchev–Trinajstić information content (AvgIpc) is 3.85. The highest BCUT2D eigenvalue weighted by molar-refractivity contribution is 6.04. The van der Waals surface area contributed by atoms with Gasteiger partial charge < -0.3 is 16.4 Å². The molecule has 0 radical (unpaired) electrons. The van der Waals surface area contributed by atoms with Gasteiger partial charge in [-0.1, -0.05) is 38.2 Å². The molecule has 1 unspecified atom stereocenters. The number of hydrogen-bond donors (Lipinski definition) is 3. The topological polar surface area (TPSA) is 150 Å². The molecule has 0 saturated heterocycles. The quantitative estimate of drug-likeness (QED) is 0.164. The molecule has 1 atom stereocenters. The van der Waals surface area contributed by atoms with Crippen LogP contribution in [-0.4, -0.2) is 35.9 Å². The number of carbonyl (C=O) groups is 2. The van der Waals surface area contributed by atoms with E-state index in [2.05, 4.69) is 44.4 Å². The van der Waals surface area contributed by atoms with Crippen LogP contribution in [0.15, 0.2) is 78.0 Å². The summed E-state index contributed by atoms with van der Waals surface area (Å²) >= 11 is 0. The minimum atomic E-state index is -4.60. The summed E-state index contributed by atoms with van der Waals surface area (Å²) in [5.74, 6) is 5.45. The van der Waals surface area contributed by atoms with Crippen molar-refractivity contribution in [3.05, 3.63) is 94.8 Å². The lowest BCUT2D eigenvalue weighted by Gasteiger charge is -2.10. The first kappa shape index (κ1) is 33.0. The summed E-state index contributed by atoms with van der Waals surface area (Å²) in [5.41, 5.74) is 6.31. The number of amides is 2. The maximum Gasteiger partial charge on any atom is 0.416 e. The average molecular weight is 669 g/mol. The van der Waals surface area contributed by atoms with Gasteiger partial charge in [-0.2, -0.15) is 13.2 Å². The van der Waals surface area contributed by atoms with Crippen molar-refractivity contribution in [2.24, 2.45) is 11.8 Å². The first-order valence-corrected chi connectivity index (χ1v) is 15.6. The number of nitrogens with zero attached hydrogens (tertiary/aromatic N) is 5. The number of aromatic nitrogens is 5. The van der Waals surface area contributed by atoms with Crippen LogP contribution in [0.5, 0.6) is 0 Å². The first-order valence-electron chi connectivity index (χ1n) is 15.6. The SMILES string of the molecule is CC(CC#CC(=O)Nc1cccc(-n2c(=O)n(-c3ccc(C(=O)Nc4cc(C(F)(F)F)ccn4)cc3)c3c(N)ncnc32)c1)CCC1CC1. The first-order chi connectivity index (χ1) is 23.5. The van der Waals surface area contributed by atoms with Crippen LogP contribution in [0.3, 0.4) is 0 Å². The van der Waals surface area contributed by atoms with Gasteiger partial charge in [-0.05, 0) is 78.8 Å². The third kappa shape index (κ3) is 7.62. The smallest absolute Gasteiger partial charge is 0.382 e. The van der Waals surface area contributed by atoms with Crippen molar-refractivity contribution >= 4 is 40.3 Å². The van der Waals surface area contributed by atoms with Gasteiger partial charge in [0, 0.05) is 23.9 Å². The number of fused-ring (bicyclic) bond motifs is 1. The number of alkyl halides is 3. The summed E-state index contributed by atoms with van der Waals surface area (Å²) in [6.45, 7) is 2.14. The molecule has 49 heavy (non-hydrogen) atoms. The molecule has 4 N–H and O–H groups in total. The van der Waals surface area contributed by atoms with Crippen LogP contribution in [0.2, 0.25) is 0 Å². The van der Waals surface area contributed by atoms with Crippen LogP contribution in [0, 0.1) is 23.7 Å². The van der Waals surface area contributed by atoms with E-state index in [-0.39, 0.29) is 28.4 Å². The molecule has 0 spiro atoms. The second kappa shape index (κ2) is 13.6. The Morgan fingerprint density at radius 3 is 2.51 bits per heavy atom. The number of halogens is 3. The summed E-state index contributed by atoms with van der Waals surface area (Å²) in [6, 6.07) is 13.9. The van der Waals surface area contributed by atoms with Crippen molar-refractivity contribution in [2.75, 3.05) is 16.4 Å². The largest absolute Gasteiger partial charge is 0.416 e. The summed E-state index contributed by atoms with van der Waals surface area (Å²) < 4.78 is 41.8. The monoisotopic (exact) mass is 668 g/mol. The molecule has 3 aromatic heterocycles. The molecule has 2 aromatic carbocycles. The van der Waals surface area contributed by atoms with Crippen LogP contribution >= 0.6 is 0 Å². The maximum atomic E-state index is 14.0. The maximum absolute atomic E-state index is 14.0. The third-order valence-corrected chi connectivity index (χ3v) is 8.15. The number of hydrogen-bond acceptors (Lipinski definition) is 7. The van der Waals surface area contributed by atoms with Crippen LogP contribution in [0.1, 0.15) is 54.9 Å². The number of rotatable bonds is 9. The highest BCUT2D eigenvalue weighted by Gasteiger charge is 2.31. The Kier molecular flexibility index (Phi) is 9.17. The molecule has 0 aliphatic heterocycles. The van der Waals surface area contributed by atoms with Gasteiger partial charge >= 0.3 is 11.9 Å². The van der Waals surface area contributed by atoms with E-state index in [0.29, 0.717) is 29.4 Å². The summed E-state index contributed by atoms with van der Waals surface area (Å²) in [4.78, 5) is 51.5. The number of carbonyl (C=O) groups excluding carboxylic acids is 2. The van der Waals surface area contributed by atoms with Gasteiger partial charge in [0.2, 0.25) is 0 Å². The highest BCUT2D eigenvalue weighted by atomic mass is 19.4. The standard InChI is InChI=1S/C35H31F3N8O3/c1-21(8-9-22-10-11-22)4-2-7-29(47)43-25-5-3-6-27(19-25)46-32-30(31(39)41-20-42-32)45(34(46)49)26-14-12-23(13-15-26)33(48)44-28-18-24(16-17-40-28)35(36,37)38/h3,5-6,12-22H,4,8-11H2,1H3,(H,43,47)(H2,39,41,42)(H,40,44,48). The Morgan fingerprint density at radius 2 is 1.78 bits per heavy atom. The van der Waals surface area contributed by atoms with Crippen molar-refractivity contribution in [1.82, 2.24) is 24.1 Å². The normalized spacial score (nSPS) is 13.4. The zero-order chi connectivity index (χ0) is 34.7. The van der Waals surface area contributed by atoms with Crippen LogP contribution < -0.4 is 22.1 Å². The minimum absolute atomic E-state index is 0.0179. The number of anilines is 3. The molecule has 1 fully saturated rings. The molecule has 6 rings (SSSR count). The second-order valence-corrected chi connectivity index (χ2v) is 11.9. The Bertz CT molecular complexity index is 2160. The Balaban J connectivity index is 1.23. The Hall–Kier alpha value is -5.97. The summed E-state index contributed by atoms with van der Waals surface area (Å²) in [6.07, 6.45) is 3.15. The van der Waals surface area contributed by atoms with Crippen LogP contribution in [-0.2, 0) is 11.0 Å². The molecular formula is C35H31F3N8O3. The number of imidazole rings is 1. The van der Waals surface area contributed by atoms with E-state index in [1.165, 1.54) is 59.0 Å². The van der Waals surface area contributed by atoms with E-state index in [9.17, 15) is 27.6 Å². The van der Waals surface area contributed by atoms with E-state index >= 15 is 0 Å². The lowest BCUT2D eigenvalue weighted by Crippen LogP contribution is -2.22. The number of pyridine rings is 1. The van der Waals surface area contributed by atoms with Crippen molar-refractivity contribution < 1.29 is 22.8 Å². The molecule has 14 heteroatoms. The lowest BCUT2D eigenvalue weighted by molar-refractivity contribution is -0.137. The highest BCUT2D eigenvalue weighted by Crippen LogP contribution is 2.35. The van der Waals surface area contributed by atoms with Crippen LogP contribution in [0.25, 0.3) is 22.5 Å². The van der Waals surface area contributed by atoms with Gasteiger partial charge in [-0.3, -0.25) is 14.2 Å². The van der Waals surface area contributed by atoms with E-state index in [1.54, 1.807) is 24.3 Å². The number of nitrogens with one attached hydrogen (secondary N) is 2. The van der Waals surface area contributed by atoms with Gasteiger partial charge in [0.25, 0.3) is 11.8 Å². The number of nitrogens with two attached hydrogens (primary N) is 1. The molecule has 3 heterocycles. The van der Waals surface area contributed by atoms with Crippen molar-refractivity contribution in [1.29, 1.82) is 0 Å². The summed E-state index contributed by atoms with van der Waals surface area (Å²) in [5, 5.41) is 5.11. The third-order valence-electron chi connectivity index (χ3n) is 8.15. The predicted octanol–water partition coefficient (Wildman–Crippen LogP) is 5.98. The zero-order valence-electron chi connectivity index (χ0n) is 26.3. The fourth-order valence-electron chi connectivity index (χ4n) is 5.36. The van der Waals surface area contributed by atoms with E-state index in [4.69, 9.17) is 5.73 Å². The fraction of sp³-hybridized carbons (Fsp3) is 0.257. The van der Waals surface area contributed by atoms with Gasteiger partial charge in [0.15, 0.2) is 11.5 Å². The molecule has 11 nitrogen and oxygen atoms in total. The number of benzene rings is 2. The molecule has 1 saturated carbocycles. The Labute approximate surface area is 278 Å². The molecule has 2 amide bonds. The predicted molar refractivity (Wildman–Crippen MR) is 178 cm³/mol. The molecule has 250 valence electrons. The van der Waals surface area contributed by atoms with E-state index in [1.807, 2.05) is 0 Å². The Morgan fingerprint density at radius 1 is 1.00 bits per heavy atom. The molecule has 1 aliphatic rings. The van der Waals surface area contributed by atoms with Gasteiger partial charge in [0.05, 0.1) is 16.9 Å². The van der Waals surface area contributed by atoms with E-state index < -0.39 is 29.2 Å². The second-order valence-electron chi connectivity index (χ2n) is 11.9. The lowest BCUT2D eigenvalue weighted by atomic mass is 10.0. The van der Waals surface area contributed by atoms with E-state index in [0.717, 1.165) is 30.7 Å². The fourth-order valence-corrected chi connectivity index (χ4v) is 5.36. The minimum Gasteiger partial charge on any atom is -0.382 e. The van der Waals surface area contributed by atoms with Crippen molar-refractivity contribution in [3.63, 3.8) is 0 Å². The molecule has 5 aromatic rings. The van der Waals surface area contributed by atoms with Crippen molar-refractivity contribution in [2.45, 2.75) is 45.2 Å². The van der Waals surface area contributed by atoms with Gasteiger partial charge in [0.1, 0.15) is 17.7 Å².